The highest BCUT2D eigenvalue weighted by atomic mass is 35.5. The van der Waals surface area contributed by atoms with Crippen LogP contribution in [0.15, 0.2) is 42.5 Å². The van der Waals surface area contributed by atoms with Crippen LogP contribution in [-0.4, -0.2) is 42.3 Å². The number of carbonyl (C=O) groups is 2. The van der Waals surface area contributed by atoms with Gasteiger partial charge in [0.25, 0.3) is 5.24 Å². The standard InChI is InChI=1S/C23H23ClN2O5/c1-13(2)15-11-14(22(24)27)9-10-17(15)26-18(12-16(25-26)23(28)31-5)21-19(29-3)7-6-8-20(21)30-4/h6-13H,1-5H3. The fourth-order valence-corrected chi connectivity index (χ4v) is 3.50. The van der Waals surface area contributed by atoms with Crippen LogP contribution in [-0.2, 0) is 4.74 Å². The Balaban J connectivity index is 2.37. The topological polar surface area (TPSA) is 79.7 Å². The lowest BCUT2D eigenvalue weighted by atomic mass is 9.98. The van der Waals surface area contributed by atoms with Gasteiger partial charge in [0, 0.05) is 5.56 Å². The molecule has 2 aromatic carbocycles. The molecule has 0 amide bonds. The number of aromatic nitrogens is 2. The molecule has 0 atom stereocenters. The van der Waals surface area contributed by atoms with Gasteiger partial charge in [0.05, 0.1) is 38.3 Å². The van der Waals surface area contributed by atoms with Crippen LogP contribution in [0.4, 0.5) is 0 Å². The number of rotatable bonds is 7. The second-order valence-electron chi connectivity index (χ2n) is 7.06. The molecule has 3 rings (SSSR count). The number of methoxy groups -OCH3 is 3. The molecule has 8 heteroatoms. The van der Waals surface area contributed by atoms with Crippen molar-refractivity contribution in [2.75, 3.05) is 21.3 Å². The van der Waals surface area contributed by atoms with Crippen LogP contribution in [0.25, 0.3) is 16.9 Å². The van der Waals surface area contributed by atoms with E-state index < -0.39 is 11.2 Å². The van der Waals surface area contributed by atoms with E-state index in [1.54, 1.807) is 55.3 Å². The highest BCUT2D eigenvalue weighted by Gasteiger charge is 2.24. The second-order valence-corrected chi connectivity index (χ2v) is 7.40. The summed E-state index contributed by atoms with van der Waals surface area (Å²) in [5, 5.41) is 3.96. The molecule has 162 valence electrons. The number of benzene rings is 2. The first-order valence-corrected chi connectivity index (χ1v) is 9.94. The normalized spacial score (nSPS) is 10.8. The lowest BCUT2D eigenvalue weighted by molar-refractivity contribution is 0.0593. The quantitative estimate of drug-likeness (QED) is 0.384. The summed E-state index contributed by atoms with van der Waals surface area (Å²) in [5.41, 5.74) is 3.23. The van der Waals surface area contributed by atoms with Crippen molar-refractivity contribution in [3.63, 3.8) is 0 Å². The molecule has 3 aromatic rings. The minimum Gasteiger partial charge on any atom is -0.496 e. The third-order valence-electron chi connectivity index (χ3n) is 4.89. The Morgan fingerprint density at radius 2 is 1.65 bits per heavy atom. The molecule has 0 aliphatic heterocycles. The van der Waals surface area contributed by atoms with Gasteiger partial charge in [-0.1, -0.05) is 19.9 Å². The first kappa shape index (κ1) is 22.4. The number of nitrogens with zero attached hydrogens (tertiary/aromatic N) is 2. The lowest BCUT2D eigenvalue weighted by Gasteiger charge is -2.18. The first-order valence-electron chi connectivity index (χ1n) is 9.56. The number of halogens is 1. The molecule has 0 N–H and O–H groups in total. The minimum absolute atomic E-state index is 0.0455. The zero-order valence-electron chi connectivity index (χ0n) is 17.9. The van der Waals surface area contributed by atoms with E-state index in [9.17, 15) is 9.59 Å². The molecule has 0 aliphatic carbocycles. The van der Waals surface area contributed by atoms with Gasteiger partial charge < -0.3 is 14.2 Å². The Labute approximate surface area is 185 Å². The Bertz CT molecular complexity index is 1110. The van der Waals surface area contributed by atoms with E-state index in [4.69, 9.17) is 25.8 Å². The summed E-state index contributed by atoms with van der Waals surface area (Å²) < 4.78 is 17.6. The maximum atomic E-state index is 12.3. The molecule has 0 fully saturated rings. The molecule has 0 spiro atoms. The predicted molar refractivity (Wildman–Crippen MR) is 118 cm³/mol. The van der Waals surface area contributed by atoms with Crippen molar-refractivity contribution in [1.29, 1.82) is 0 Å². The van der Waals surface area contributed by atoms with Crippen LogP contribution in [0.1, 0.15) is 46.2 Å². The van der Waals surface area contributed by atoms with Crippen molar-refractivity contribution in [2.24, 2.45) is 0 Å². The molecule has 0 aliphatic rings. The maximum Gasteiger partial charge on any atom is 0.358 e. The van der Waals surface area contributed by atoms with Gasteiger partial charge in [0.15, 0.2) is 5.69 Å². The van der Waals surface area contributed by atoms with E-state index in [0.717, 1.165) is 5.56 Å². The fourth-order valence-electron chi connectivity index (χ4n) is 3.38. The summed E-state index contributed by atoms with van der Waals surface area (Å²) in [7, 11) is 4.41. The zero-order valence-corrected chi connectivity index (χ0v) is 18.7. The highest BCUT2D eigenvalue weighted by molar-refractivity contribution is 6.67. The van der Waals surface area contributed by atoms with E-state index in [0.29, 0.717) is 34.0 Å². The maximum absolute atomic E-state index is 12.3. The van der Waals surface area contributed by atoms with Crippen LogP contribution in [0, 0.1) is 0 Å². The fraction of sp³-hybridized carbons (Fsp3) is 0.261. The largest absolute Gasteiger partial charge is 0.496 e. The van der Waals surface area contributed by atoms with Gasteiger partial charge in [-0.2, -0.15) is 5.10 Å². The zero-order chi connectivity index (χ0) is 22.7. The van der Waals surface area contributed by atoms with Crippen LogP contribution in [0.3, 0.4) is 0 Å². The number of carbonyl (C=O) groups excluding carboxylic acids is 2. The molecule has 1 aromatic heterocycles. The SMILES string of the molecule is COC(=O)c1cc(-c2c(OC)cccc2OC)n(-c2ccc(C(=O)Cl)cc2C(C)C)n1. The molecule has 31 heavy (non-hydrogen) atoms. The first-order chi connectivity index (χ1) is 14.8. The van der Waals surface area contributed by atoms with Gasteiger partial charge in [-0.3, -0.25) is 4.79 Å². The molecule has 0 saturated heterocycles. The smallest absolute Gasteiger partial charge is 0.358 e. The minimum atomic E-state index is -0.576. The van der Waals surface area contributed by atoms with E-state index >= 15 is 0 Å². The third kappa shape index (κ3) is 4.27. The second kappa shape index (κ2) is 9.22. The van der Waals surface area contributed by atoms with Gasteiger partial charge in [-0.25, -0.2) is 9.48 Å². The Morgan fingerprint density at radius 3 is 2.16 bits per heavy atom. The summed E-state index contributed by atoms with van der Waals surface area (Å²) in [6.07, 6.45) is 0. The Kier molecular flexibility index (Phi) is 6.65. The van der Waals surface area contributed by atoms with Gasteiger partial charge in [0.2, 0.25) is 0 Å². The van der Waals surface area contributed by atoms with Crippen molar-refractivity contribution in [3.05, 3.63) is 59.3 Å². The van der Waals surface area contributed by atoms with E-state index in [2.05, 4.69) is 5.10 Å². The number of hydrogen-bond donors (Lipinski definition) is 0. The monoisotopic (exact) mass is 442 g/mol. The number of hydrogen-bond acceptors (Lipinski definition) is 6. The summed E-state index contributed by atoms with van der Waals surface area (Å²) in [6.45, 7) is 3.99. The van der Waals surface area contributed by atoms with Crippen molar-refractivity contribution in [3.8, 4) is 28.4 Å². The van der Waals surface area contributed by atoms with Crippen LogP contribution in [0.5, 0.6) is 11.5 Å². The third-order valence-corrected chi connectivity index (χ3v) is 5.11. The van der Waals surface area contributed by atoms with Crippen molar-refractivity contribution in [2.45, 2.75) is 19.8 Å². The molecule has 0 radical (unpaired) electrons. The van der Waals surface area contributed by atoms with Gasteiger partial charge in [-0.15, -0.1) is 0 Å². The Hall–Kier alpha value is -3.32. The summed E-state index contributed by atoms with van der Waals surface area (Å²) >= 11 is 5.69. The average Bonchev–Trinajstić information content (AvgIpc) is 3.22. The van der Waals surface area contributed by atoms with Crippen molar-refractivity contribution in [1.82, 2.24) is 9.78 Å². The van der Waals surface area contributed by atoms with Gasteiger partial charge in [0.1, 0.15) is 11.5 Å². The highest BCUT2D eigenvalue weighted by Crippen LogP contribution is 2.40. The van der Waals surface area contributed by atoms with Crippen LogP contribution in [0.2, 0.25) is 0 Å². The predicted octanol–water partition coefficient (Wildman–Crippen LogP) is 4.85. The molecule has 0 unspecified atom stereocenters. The van der Waals surface area contributed by atoms with Gasteiger partial charge in [-0.05, 0) is 59.5 Å². The van der Waals surface area contributed by atoms with E-state index in [1.165, 1.54) is 7.11 Å². The Morgan fingerprint density at radius 1 is 1.00 bits per heavy atom. The number of ether oxygens (including phenoxy) is 3. The molecule has 0 saturated carbocycles. The summed E-state index contributed by atoms with van der Waals surface area (Å²) in [6, 6.07) is 12.1. The lowest BCUT2D eigenvalue weighted by Crippen LogP contribution is -2.09. The van der Waals surface area contributed by atoms with E-state index in [1.807, 2.05) is 19.9 Å². The van der Waals surface area contributed by atoms with Gasteiger partial charge >= 0.3 is 5.97 Å². The molecule has 0 bridgehead atoms. The molecular weight excluding hydrogens is 420 g/mol. The molecular formula is C23H23ClN2O5. The summed E-state index contributed by atoms with van der Waals surface area (Å²) in [5.74, 6) is 0.572. The van der Waals surface area contributed by atoms with Crippen LogP contribution < -0.4 is 9.47 Å². The summed E-state index contributed by atoms with van der Waals surface area (Å²) in [4.78, 5) is 24.0. The van der Waals surface area contributed by atoms with Crippen molar-refractivity contribution < 1.29 is 23.8 Å². The van der Waals surface area contributed by atoms with Crippen molar-refractivity contribution >= 4 is 22.8 Å². The molecule has 7 nitrogen and oxygen atoms in total. The molecule has 1 heterocycles. The van der Waals surface area contributed by atoms with E-state index in [-0.39, 0.29) is 11.6 Å². The average molecular weight is 443 g/mol. The van der Waals surface area contributed by atoms with Crippen LogP contribution >= 0.6 is 11.6 Å². The number of esters is 1.